The number of benzene rings is 1. The Morgan fingerprint density at radius 3 is 2.77 bits per heavy atom. The highest BCUT2D eigenvalue weighted by Gasteiger charge is 2.16. The highest BCUT2D eigenvalue weighted by Crippen LogP contribution is 2.18. The SMILES string of the molecule is C=C(C)C1Cc2ccccc2CN1. The third-order valence-corrected chi connectivity index (χ3v) is 2.68. The third kappa shape index (κ3) is 1.65. The first-order chi connectivity index (χ1) is 6.27. The van der Waals surface area contributed by atoms with E-state index in [2.05, 4.69) is 43.1 Å². The molecule has 1 heteroatoms. The van der Waals surface area contributed by atoms with E-state index in [-0.39, 0.29) is 0 Å². The van der Waals surface area contributed by atoms with Crippen LogP contribution >= 0.6 is 0 Å². The second-order valence-corrected chi connectivity index (χ2v) is 3.75. The van der Waals surface area contributed by atoms with E-state index in [1.54, 1.807) is 0 Å². The van der Waals surface area contributed by atoms with Gasteiger partial charge in [0.05, 0.1) is 0 Å². The second kappa shape index (κ2) is 3.35. The van der Waals surface area contributed by atoms with Gasteiger partial charge in [-0.05, 0) is 24.5 Å². The smallest absolute Gasteiger partial charge is 0.0317 e. The lowest BCUT2D eigenvalue weighted by atomic mass is 9.93. The first kappa shape index (κ1) is 8.52. The molecule has 0 fully saturated rings. The lowest BCUT2D eigenvalue weighted by Gasteiger charge is -2.26. The molecule has 1 unspecified atom stereocenters. The number of fused-ring (bicyclic) bond motifs is 1. The fourth-order valence-corrected chi connectivity index (χ4v) is 1.80. The Morgan fingerprint density at radius 2 is 2.08 bits per heavy atom. The van der Waals surface area contributed by atoms with Crippen molar-refractivity contribution < 1.29 is 0 Å². The second-order valence-electron chi connectivity index (χ2n) is 3.75. The molecule has 1 aliphatic heterocycles. The Bertz CT molecular complexity index is 328. The van der Waals surface area contributed by atoms with Crippen LogP contribution in [0.1, 0.15) is 18.1 Å². The summed E-state index contributed by atoms with van der Waals surface area (Å²) in [4.78, 5) is 0. The van der Waals surface area contributed by atoms with Crippen molar-refractivity contribution in [3.05, 3.63) is 47.5 Å². The maximum atomic E-state index is 3.99. The molecule has 1 aliphatic rings. The van der Waals surface area contributed by atoms with Crippen LogP contribution in [0.4, 0.5) is 0 Å². The number of rotatable bonds is 1. The summed E-state index contributed by atoms with van der Waals surface area (Å²) in [7, 11) is 0. The summed E-state index contributed by atoms with van der Waals surface area (Å²) in [6.07, 6.45) is 1.09. The van der Waals surface area contributed by atoms with Crippen molar-refractivity contribution >= 4 is 0 Å². The van der Waals surface area contributed by atoms with Gasteiger partial charge in [-0.3, -0.25) is 0 Å². The molecule has 0 aliphatic carbocycles. The van der Waals surface area contributed by atoms with Gasteiger partial charge in [-0.25, -0.2) is 0 Å². The molecule has 1 heterocycles. The van der Waals surface area contributed by atoms with Gasteiger partial charge in [-0.15, -0.1) is 0 Å². The van der Waals surface area contributed by atoms with E-state index >= 15 is 0 Å². The van der Waals surface area contributed by atoms with Crippen molar-refractivity contribution in [2.75, 3.05) is 0 Å². The van der Waals surface area contributed by atoms with E-state index in [1.807, 2.05) is 0 Å². The fraction of sp³-hybridized carbons (Fsp3) is 0.333. The standard InChI is InChI=1S/C12H15N/c1-9(2)12-7-10-5-3-4-6-11(10)8-13-12/h3-6,12-13H,1,7-8H2,2H3. The third-order valence-electron chi connectivity index (χ3n) is 2.68. The van der Waals surface area contributed by atoms with Crippen molar-refractivity contribution in [1.29, 1.82) is 0 Å². The van der Waals surface area contributed by atoms with Crippen molar-refractivity contribution in [3.63, 3.8) is 0 Å². The van der Waals surface area contributed by atoms with Crippen molar-refractivity contribution in [1.82, 2.24) is 5.32 Å². The van der Waals surface area contributed by atoms with Gasteiger partial charge in [0.2, 0.25) is 0 Å². The number of hydrogen-bond acceptors (Lipinski definition) is 1. The summed E-state index contributed by atoms with van der Waals surface area (Å²) in [5, 5.41) is 3.48. The van der Waals surface area contributed by atoms with Crippen molar-refractivity contribution in [2.45, 2.75) is 25.9 Å². The van der Waals surface area contributed by atoms with E-state index in [1.165, 1.54) is 16.7 Å². The fourth-order valence-electron chi connectivity index (χ4n) is 1.80. The molecule has 1 nitrogen and oxygen atoms in total. The Labute approximate surface area is 79.5 Å². The molecule has 0 saturated carbocycles. The van der Waals surface area contributed by atoms with Crippen LogP contribution in [0, 0.1) is 0 Å². The van der Waals surface area contributed by atoms with E-state index in [9.17, 15) is 0 Å². The molecule has 0 spiro atoms. The maximum Gasteiger partial charge on any atom is 0.0317 e. The Morgan fingerprint density at radius 1 is 1.38 bits per heavy atom. The van der Waals surface area contributed by atoms with Crippen molar-refractivity contribution in [3.8, 4) is 0 Å². The van der Waals surface area contributed by atoms with Crippen LogP contribution in [0.3, 0.4) is 0 Å². The lowest BCUT2D eigenvalue weighted by Crippen LogP contribution is -2.35. The predicted octanol–water partition coefficient (Wildman–Crippen LogP) is 2.28. The molecular formula is C12H15N. The molecular weight excluding hydrogens is 158 g/mol. The zero-order valence-corrected chi connectivity index (χ0v) is 8.01. The molecule has 1 N–H and O–H groups in total. The summed E-state index contributed by atoms with van der Waals surface area (Å²) >= 11 is 0. The molecule has 13 heavy (non-hydrogen) atoms. The minimum Gasteiger partial charge on any atom is -0.306 e. The summed E-state index contributed by atoms with van der Waals surface area (Å²) < 4.78 is 0. The average molecular weight is 173 g/mol. The van der Waals surface area contributed by atoms with Gasteiger partial charge in [0.1, 0.15) is 0 Å². The maximum absolute atomic E-state index is 3.99. The zero-order valence-electron chi connectivity index (χ0n) is 8.01. The van der Waals surface area contributed by atoms with Gasteiger partial charge in [0, 0.05) is 12.6 Å². The molecule has 0 aromatic heterocycles. The largest absolute Gasteiger partial charge is 0.306 e. The van der Waals surface area contributed by atoms with Gasteiger partial charge < -0.3 is 5.32 Å². The van der Waals surface area contributed by atoms with E-state index < -0.39 is 0 Å². The molecule has 1 atom stereocenters. The first-order valence-corrected chi connectivity index (χ1v) is 4.73. The van der Waals surface area contributed by atoms with Crippen LogP contribution in [0.25, 0.3) is 0 Å². The van der Waals surface area contributed by atoms with E-state index in [4.69, 9.17) is 0 Å². The van der Waals surface area contributed by atoms with Crippen LogP contribution in [-0.4, -0.2) is 6.04 Å². The lowest BCUT2D eigenvalue weighted by molar-refractivity contribution is 0.534. The summed E-state index contributed by atoms with van der Waals surface area (Å²) in [5.41, 5.74) is 4.13. The summed E-state index contributed by atoms with van der Waals surface area (Å²) in [6, 6.07) is 9.08. The number of nitrogens with one attached hydrogen (secondary N) is 1. The summed E-state index contributed by atoms with van der Waals surface area (Å²) in [5.74, 6) is 0. The van der Waals surface area contributed by atoms with E-state index in [0.29, 0.717) is 6.04 Å². The van der Waals surface area contributed by atoms with Gasteiger partial charge in [0.25, 0.3) is 0 Å². The molecule has 0 radical (unpaired) electrons. The topological polar surface area (TPSA) is 12.0 Å². The van der Waals surface area contributed by atoms with Gasteiger partial charge in [0.15, 0.2) is 0 Å². The van der Waals surface area contributed by atoms with Gasteiger partial charge in [-0.2, -0.15) is 0 Å². The highest BCUT2D eigenvalue weighted by atomic mass is 14.9. The molecule has 0 saturated heterocycles. The Kier molecular flexibility index (Phi) is 2.19. The molecule has 68 valence electrons. The van der Waals surface area contributed by atoms with Crippen LogP contribution in [0.5, 0.6) is 0 Å². The number of hydrogen-bond donors (Lipinski definition) is 1. The van der Waals surface area contributed by atoms with Gasteiger partial charge in [-0.1, -0.05) is 36.4 Å². The van der Waals surface area contributed by atoms with Crippen LogP contribution in [0.2, 0.25) is 0 Å². The minimum atomic E-state index is 0.467. The molecule has 0 bridgehead atoms. The quantitative estimate of drug-likeness (QED) is 0.642. The molecule has 1 aromatic carbocycles. The van der Waals surface area contributed by atoms with Crippen LogP contribution in [-0.2, 0) is 13.0 Å². The predicted molar refractivity (Wildman–Crippen MR) is 55.6 cm³/mol. The Balaban J connectivity index is 2.24. The molecule has 2 rings (SSSR count). The molecule has 0 amide bonds. The van der Waals surface area contributed by atoms with Crippen LogP contribution < -0.4 is 5.32 Å². The zero-order chi connectivity index (χ0) is 9.26. The van der Waals surface area contributed by atoms with Crippen LogP contribution in [0.15, 0.2) is 36.4 Å². The van der Waals surface area contributed by atoms with Crippen molar-refractivity contribution in [2.24, 2.45) is 0 Å². The average Bonchev–Trinajstić information content (AvgIpc) is 2.17. The summed E-state index contributed by atoms with van der Waals surface area (Å²) in [6.45, 7) is 7.06. The minimum absolute atomic E-state index is 0.467. The first-order valence-electron chi connectivity index (χ1n) is 4.73. The normalized spacial score (nSPS) is 20.8. The van der Waals surface area contributed by atoms with Gasteiger partial charge >= 0.3 is 0 Å². The van der Waals surface area contributed by atoms with E-state index in [0.717, 1.165) is 13.0 Å². The Hall–Kier alpha value is -1.08. The highest BCUT2D eigenvalue weighted by molar-refractivity contribution is 5.31. The molecule has 1 aromatic rings. The monoisotopic (exact) mass is 173 g/mol.